The standard InChI is InChI=1S/C20H20ClN3O4/c1-20-9-3-2-4-15(20)18(20)19(25)23-22-11-13-6-8-17(28-13)14-10-12(24(26)27)5-7-16(14)21/h5-8,10-11,15,18H,2-4,9H2,1H3,(H,23,25)/b22-11+/t15-,18+,20+/m1/s1. The van der Waals surface area contributed by atoms with E-state index < -0.39 is 4.92 Å². The summed E-state index contributed by atoms with van der Waals surface area (Å²) in [6, 6.07) is 7.48. The number of rotatable bonds is 5. The number of hydrogen-bond acceptors (Lipinski definition) is 5. The zero-order chi connectivity index (χ0) is 19.9. The van der Waals surface area contributed by atoms with Crippen LogP contribution in [-0.4, -0.2) is 17.0 Å². The van der Waals surface area contributed by atoms with E-state index in [-0.39, 0.29) is 22.9 Å². The Morgan fingerprint density at radius 2 is 2.21 bits per heavy atom. The van der Waals surface area contributed by atoms with Gasteiger partial charge in [0, 0.05) is 23.6 Å². The molecule has 1 amide bonds. The molecule has 28 heavy (non-hydrogen) atoms. The summed E-state index contributed by atoms with van der Waals surface area (Å²) in [6.45, 7) is 2.19. The van der Waals surface area contributed by atoms with Crippen molar-refractivity contribution < 1.29 is 14.1 Å². The molecule has 2 fully saturated rings. The summed E-state index contributed by atoms with van der Waals surface area (Å²) in [4.78, 5) is 22.9. The van der Waals surface area contributed by atoms with Crippen LogP contribution in [0, 0.1) is 27.4 Å². The molecule has 7 nitrogen and oxygen atoms in total. The van der Waals surface area contributed by atoms with Crippen molar-refractivity contribution in [3.8, 4) is 11.3 Å². The van der Waals surface area contributed by atoms with Gasteiger partial charge in [0.05, 0.1) is 16.2 Å². The highest BCUT2D eigenvalue weighted by atomic mass is 35.5. The van der Waals surface area contributed by atoms with Crippen molar-refractivity contribution >= 4 is 29.4 Å². The van der Waals surface area contributed by atoms with Crippen molar-refractivity contribution in [2.45, 2.75) is 32.6 Å². The first-order chi connectivity index (χ1) is 13.4. The average Bonchev–Trinajstić information content (AvgIpc) is 3.03. The van der Waals surface area contributed by atoms with Gasteiger partial charge in [0.25, 0.3) is 5.69 Å². The van der Waals surface area contributed by atoms with E-state index in [1.807, 2.05) is 0 Å². The minimum Gasteiger partial charge on any atom is -0.455 e. The van der Waals surface area contributed by atoms with Crippen LogP contribution in [0.4, 0.5) is 5.69 Å². The minimum absolute atomic E-state index is 0.0424. The molecule has 0 radical (unpaired) electrons. The highest BCUT2D eigenvalue weighted by molar-refractivity contribution is 6.33. The summed E-state index contributed by atoms with van der Waals surface area (Å²) in [5, 5.41) is 15.3. The molecular weight excluding hydrogens is 382 g/mol. The molecular formula is C20H20ClN3O4. The van der Waals surface area contributed by atoms with Gasteiger partial charge in [-0.3, -0.25) is 14.9 Å². The van der Waals surface area contributed by atoms with Crippen LogP contribution in [0.5, 0.6) is 0 Å². The van der Waals surface area contributed by atoms with Crippen molar-refractivity contribution in [2.24, 2.45) is 22.4 Å². The van der Waals surface area contributed by atoms with Crippen LogP contribution in [0.15, 0.2) is 39.9 Å². The van der Waals surface area contributed by atoms with Gasteiger partial charge in [-0.05, 0) is 42.4 Å². The Bertz CT molecular complexity index is 970. The number of fused-ring (bicyclic) bond motifs is 1. The van der Waals surface area contributed by atoms with Crippen molar-refractivity contribution in [1.29, 1.82) is 0 Å². The van der Waals surface area contributed by atoms with Gasteiger partial charge in [0.15, 0.2) is 0 Å². The first-order valence-corrected chi connectivity index (χ1v) is 9.65. The molecule has 0 bridgehead atoms. The summed E-state index contributed by atoms with van der Waals surface area (Å²) in [5.74, 6) is 1.28. The van der Waals surface area contributed by atoms with Crippen LogP contribution in [0.25, 0.3) is 11.3 Å². The summed E-state index contributed by atoms with van der Waals surface area (Å²) < 4.78 is 5.65. The van der Waals surface area contributed by atoms with E-state index in [2.05, 4.69) is 17.5 Å². The third-order valence-corrected chi connectivity index (χ3v) is 6.36. The molecule has 2 aromatic rings. The van der Waals surface area contributed by atoms with Gasteiger partial charge >= 0.3 is 0 Å². The molecule has 2 saturated carbocycles. The number of nitrogens with one attached hydrogen (secondary N) is 1. The summed E-state index contributed by atoms with van der Waals surface area (Å²) >= 11 is 6.13. The highest BCUT2D eigenvalue weighted by Crippen LogP contribution is 2.66. The lowest BCUT2D eigenvalue weighted by Gasteiger charge is -2.15. The van der Waals surface area contributed by atoms with Gasteiger partial charge in [-0.25, -0.2) is 5.43 Å². The van der Waals surface area contributed by atoms with E-state index in [4.69, 9.17) is 16.0 Å². The summed E-state index contributed by atoms with van der Waals surface area (Å²) in [5.41, 5.74) is 3.10. The number of nitrogens with zero attached hydrogens (tertiary/aromatic N) is 2. The second-order valence-corrected chi connectivity index (χ2v) is 8.10. The lowest BCUT2D eigenvalue weighted by molar-refractivity contribution is -0.384. The third kappa shape index (κ3) is 3.30. The van der Waals surface area contributed by atoms with E-state index in [0.717, 1.165) is 12.8 Å². The number of carbonyl (C=O) groups is 1. The maximum Gasteiger partial charge on any atom is 0.270 e. The van der Waals surface area contributed by atoms with Crippen LogP contribution in [0.3, 0.4) is 0 Å². The zero-order valence-electron chi connectivity index (χ0n) is 15.4. The maximum absolute atomic E-state index is 12.4. The molecule has 2 aliphatic rings. The topological polar surface area (TPSA) is 97.7 Å². The Labute approximate surface area is 166 Å². The summed E-state index contributed by atoms with van der Waals surface area (Å²) in [7, 11) is 0. The van der Waals surface area contributed by atoms with Crippen LogP contribution >= 0.6 is 11.6 Å². The van der Waals surface area contributed by atoms with Gasteiger partial charge in [-0.1, -0.05) is 31.4 Å². The van der Waals surface area contributed by atoms with Gasteiger partial charge < -0.3 is 4.42 Å². The van der Waals surface area contributed by atoms with E-state index in [0.29, 0.717) is 28.0 Å². The molecule has 0 saturated heterocycles. The predicted octanol–water partition coefficient (Wildman–Crippen LogP) is 4.78. The molecule has 0 aliphatic heterocycles. The molecule has 1 aromatic carbocycles. The van der Waals surface area contributed by atoms with E-state index in [1.54, 1.807) is 12.1 Å². The van der Waals surface area contributed by atoms with Gasteiger partial charge in [0.2, 0.25) is 5.91 Å². The van der Waals surface area contributed by atoms with Crippen LogP contribution < -0.4 is 5.43 Å². The molecule has 1 aromatic heterocycles. The number of furan rings is 1. The molecule has 1 heterocycles. The zero-order valence-corrected chi connectivity index (χ0v) is 16.1. The number of amides is 1. The number of halogens is 1. The lowest BCUT2D eigenvalue weighted by atomic mass is 9.90. The number of non-ortho nitro benzene ring substituents is 1. The fourth-order valence-electron chi connectivity index (χ4n) is 4.46. The van der Waals surface area contributed by atoms with E-state index in [9.17, 15) is 14.9 Å². The largest absolute Gasteiger partial charge is 0.455 e. The first-order valence-electron chi connectivity index (χ1n) is 9.27. The molecule has 2 aliphatic carbocycles. The third-order valence-electron chi connectivity index (χ3n) is 6.03. The number of hydrogen-bond donors (Lipinski definition) is 1. The van der Waals surface area contributed by atoms with Crippen molar-refractivity contribution in [3.63, 3.8) is 0 Å². The number of benzene rings is 1. The Morgan fingerprint density at radius 1 is 1.39 bits per heavy atom. The Hall–Kier alpha value is -2.67. The van der Waals surface area contributed by atoms with Crippen LogP contribution in [-0.2, 0) is 4.79 Å². The fraction of sp³-hybridized carbons (Fsp3) is 0.400. The molecule has 1 N–H and O–H groups in total. The smallest absolute Gasteiger partial charge is 0.270 e. The van der Waals surface area contributed by atoms with E-state index >= 15 is 0 Å². The van der Waals surface area contributed by atoms with Gasteiger partial charge in [-0.2, -0.15) is 5.10 Å². The molecule has 0 spiro atoms. The summed E-state index contributed by atoms with van der Waals surface area (Å²) in [6.07, 6.45) is 6.02. The molecule has 0 unspecified atom stereocenters. The normalized spacial score (nSPS) is 26.1. The molecule has 3 atom stereocenters. The Balaban J connectivity index is 1.42. The lowest BCUT2D eigenvalue weighted by Crippen LogP contribution is -2.22. The number of carbonyl (C=O) groups excluding carboxylic acids is 1. The first kappa shape index (κ1) is 18.7. The Morgan fingerprint density at radius 3 is 2.93 bits per heavy atom. The van der Waals surface area contributed by atoms with Gasteiger partial charge in [0.1, 0.15) is 11.5 Å². The molecule has 146 valence electrons. The quantitative estimate of drug-likeness (QED) is 0.442. The van der Waals surface area contributed by atoms with Crippen molar-refractivity contribution in [1.82, 2.24) is 5.43 Å². The monoisotopic (exact) mass is 401 g/mol. The minimum atomic E-state index is -0.489. The van der Waals surface area contributed by atoms with Crippen molar-refractivity contribution in [3.05, 3.63) is 51.2 Å². The average molecular weight is 402 g/mol. The number of nitro groups is 1. The highest BCUT2D eigenvalue weighted by Gasteiger charge is 2.64. The SMILES string of the molecule is C[C@]12CCCC[C@@H]1[C@H]2C(=O)N/N=C/c1ccc(-c2cc([N+](=O)[O-])ccc2Cl)o1. The van der Waals surface area contributed by atoms with Crippen LogP contribution in [0.1, 0.15) is 38.4 Å². The number of hydrazone groups is 1. The molecule has 8 heteroatoms. The maximum atomic E-state index is 12.4. The van der Waals surface area contributed by atoms with Crippen LogP contribution in [0.2, 0.25) is 5.02 Å². The Kier molecular flexibility index (Phi) is 4.71. The second kappa shape index (κ2) is 7.05. The predicted molar refractivity (Wildman–Crippen MR) is 105 cm³/mol. The number of nitro benzene ring substituents is 1. The van der Waals surface area contributed by atoms with Crippen molar-refractivity contribution in [2.75, 3.05) is 0 Å². The second-order valence-electron chi connectivity index (χ2n) is 7.69. The van der Waals surface area contributed by atoms with E-state index in [1.165, 1.54) is 37.3 Å². The molecule has 4 rings (SSSR count). The van der Waals surface area contributed by atoms with Gasteiger partial charge in [-0.15, -0.1) is 0 Å². The fourth-order valence-corrected chi connectivity index (χ4v) is 4.67.